The first-order valence-electron chi connectivity index (χ1n) is 7.74. The Bertz CT molecular complexity index is 634. The van der Waals surface area contributed by atoms with Gasteiger partial charge in [0.15, 0.2) is 6.29 Å². The van der Waals surface area contributed by atoms with Gasteiger partial charge in [0.05, 0.1) is 19.3 Å². The van der Waals surface area contributed by atoms with Crippen LogP contribution in [0.3, 0.4) is 0 Å². The summed E-state index contributed by atoms with van der Waals surface area (Å²) in [4.78, 5) is 36.3. The zero-order chi connectivity index (χ0) is 19.4. The molecule has 5 unspecified atom stereocenters. The molecule has 0 aromatic heterocycles. The lowest BCUT2D eigenvalue weighted by Gasteiger charge is -2.35. The van der Waals surface area contributed by atoms with E-state index in [0.717, 1.165) is 6.08 Å². The highest BCUT2D eigenvalue weighted by Crippen LogP contribution is 2.28. The van der Waals surface area contributed by atoms with Crippen molar-refractivity contribution in [3.8, 4) is 0 Å². The molecule has 0 aromatic rings. The molecule has 0 aliphatic carbocycles. The summed E-state index contributed by atoms with van der Waals surface area (Å²) in [5.41, 5.74) is -0.0522. The molecule has 0 bridgehead atoms. The summed E-state index contributed by atoms with van der Waals surface area (Å²) >= 11 is 0. The first-order chi connectivity index (χ1) is 12.3. The van der Waals surface area contributed by atoms with Gasteiger partial charge < -0.3 is 40.3 Å². The van der Waals surface area contributed by atoms with Gasteiger partial charge in [0.25, 0.3) is 5.91 Å². The smallest absolute Gasteiger partial charge is 0.331 e. The molecule has 2 amide bonds. The van der Waals surface area contributed by atoms with Crippen LogP contribution in [0.15, 0.2) is 24.0 Å². The summed E-state index contributed by atoms with van der Waals surface area (Å²) in [5.74, 6) is -1.75. The first-order valence-corrected chi connectivity index (χ1v) is 7.74. The predicted molar refractivity (Wildman–Crippen MR) is 84.6 cm³/mol. The number of nitrogens with one attached hydrogen (secondary N) is 2. The van der Waals surface area contributed by atoms with E-state index >= 15 is 0 Å². The van der Waals surface area contributed by atoms with Crippen molar-refractivity contribution >= 4 is 17.8 Å². The lowest BCUT2D eigenvalue weighted by molar-refractivity contribution is -0.134. The van der Waals surface area contributed by atoms with Crippen molar-refractivity contribution in [1.82, 2.24) is 15.5 Å². The van der Waals surface area contributed by atoms with Gasteiger partial charge in [-0.2, -0.15) is 0 Å². The van der Waals surface area contributed by atoms with E-state index in [1.807, 2.05) is 0 Å². The van der Waals surface area contributed by atoms with E-state index in [9.17, 15) is 24.6 Å². The average molecular weight is 371 g/mol. The van der Waals surface area contributed by atoms with E-state index in [2.05, 4.69) is 15.4 Å². The van der Waals surface area contributed by atoms with Gasteiger partial charge in [-0.15, -0.1) is 0 Å². The number of carbonyl (C=O) groups excluding carboxylic acids is 3. The van der Waals surface area contributed by atoms with Crippen LogP contribution in [0.25, 0.3) is 0 Å². The number of amides is 2. The SMILES string of the molecule is COC(=O)C=CN1C=C(C2OC(CO)C(O)C2O)C(=O)NC1NC(C)=O. The highest BCUT2D eigenvalue weighted by Gasteiger charge is 2.47. The molecule has 0 spiro atoms. The standard InChI is InChI=1S/C15H21N3O8/c1-7(20)16-15-17-14(24)8(5-18(15)4-3-10(21)25-2)13-12(23)11(22)9(6-19)26-13/h3-5,9,11-13,15,19,22-23H,6H2,1-2H3,(H,16,20)(H,17,24). The van der Waals surface area contributed by atoms with E-state index in [0.29, 0.717) is 0 Å². The third-order valence-electron chi connectivity index (χ3n) is 3.89. The molecule has 144 valence electrons. The highest BCUT2D eigenvalue weighted by molar-refractivity contribution is 5.96. The van der Waals surface area contributed by atoms with Crippen molar-refractivity contribution in [1.29, 1.82) is 0 Å². The maximum atomic E-state index is 12.4. The van der Waals surface area contributed by atoms with Gasteiger partial charge in [-0.25, -0.2) is 4.79 Å². The number of carbonyl (C=O) groups is 3. The normalized spacial score (nSPS) is 31.6. The van der Waals surface area contributed by atoms with Crippen molar-refractivity contribution in [2.24, 2.45) is 0 Å². The second-order valence-corrected chi connectivity index (χ2v) is 5.71. The van der Waals surface area contributed by atoms with Crippen molar-refractivity contribution < 1.29 is 39.2 Å². The molecule has 2 rings (SSSR count). The number of hydrogen-bond donors (Lipinski definition) is 5. The average Bonchev–Trinajstić information content (AvgIpc) is 2.88. The van der Waals surface area contributed by atoms with E-state index in [1.54, 1.807) is 0 Å². The van der Waals surface area contributed by atoms with Gasteiger partial charge in [-0.05, 0) is 0 Å². The Morgan fingerprint density at radius 3 is 2.65 bits per heavy atom. The Hall–Kier alpha value is -2.47. The Morgan fingerprint density at radius 2 is 2.12 bits per heavy atom. The van der Waals surface area contributed by atoms with Crippen LogP contribution in [0.2, 0.25) is 0 Å². The third-order valence-corrected chi connectivity index (χ3v) is 3.89. The monoisotopic (exact) mass is 371 g/mol. The molecule has 5 N–H and O–H groups in total. The molecule has 2 aliphatic heterocycles. The van der Waals surface area contributed by atoms with E-state index in [4.69, 9.17) is 9.84 Å². The number of rotatable bonds is 5. The molecule has 2 aliphatic rings. The molecular weight excluding hydrogens is 350 g/mol. The summed E-state index contributed by atoms with van der Waals surface area (Å²) in [6.07, 6.45) is -2.45. The van der Waals surface area contributed by atoms with E-state index in [1.165, 1.54) is 31.3 Å². The summed E-state index contributed by atoms with van der Waals surface area (Å²) in [6, 6.07) is 0. The van der Waals surface area contributed by atoms with Gasteiger partial charge in [-0.3, -0.25) is 9.59 Å². The quantitative estimate of drug-likeness (QED) is 0.249. The number of hydrogen-bond acceptors (Lipinski definition) is 9. The third kappa shape index (κ3) is 4.19. The maximum absolute atomic E-state index is 12.4. The minimum Gasteiger partial charge on any atom is -0.466 e. The molecule has 0 radical (unpaired) electrons. The topological polar surface area (TPSA) is 158 Å². The van der Waals surface area contributed by atoms with E-state index in [-0.39, 0.29) is 5.57 Å². The van der Waals surface area contributed by atoms with Gasteiger partial charge in [0, 0.05) is 25.4 Å². The maximum Gasteiger partial charge on any atom is 0.331 e. The first kappa shape index (κ1) is 19.8. The number of nitrogens with zero attached hydrogens (tertiary/aromatic N) is 1. The molecule has 1 fully saturated rings. The second kappa shape index (κ2) is 8.27. The van der Waals surface area contributed by atoms with Crippen LogP contribution in [-0.2, 0) is 23.9 Å². The molecule has 1 saturated heterocycles. The number of aliphatic hydroxyl groups is 3. The van der Waals surface area contributed by atoms with Crippen LogP contribution in [0, 0.1) is 0 Å². The van der Waals surface area contributed by atoms with E-state index < -0.39 is 55.1 Å². The minimum atomic E-state index is -1.44. The van der Waals surface area contributed by atoms with Crippen molar-refractivity contribution in [3.05, 3.63) is 24.0 Å². The number of ether oxygens (including phenoxy) is 2. The number of esters is 1. The molecule has 11 heteroatoms. The number of aliphatic hydroxyl groups excluding tert-OH is 3. The van der Waals surface area contributed by atoms with Gasteiger partial charge in [-0.1, -0.05) is 0 Å². The highest BCUT2D eigenvalue weighted by atomic mass is 16.6. The van der Waals surface area contributed by atoms with Crippen LogP contribution in [-0.4, -0.2) is 82.4 Å². The van der Waals surface area contributed by atoms with Crippen LogP contribution < -0.4 is 10.6 Å². The lowest BCUT2D eigenvalue weighted by atomic mass is 10.0. The molecule has 2 heterocycles. The molecule has 0 aromatic carbocycles. The van der Waals surface area contributed by atoms with Gasteiger partial charge in [0.2, 0.25) is 5.91 Å². The zero-order valence-electron chi connectivity index (χ0n) is 14.2. The van der Waals surface area contributed by atoms with Crippen molar-refractivity contribution in [2.75, 3.05) is 13.7 Å². The fourth-order valence-corrected chi connectivity index (χ4v) is 2.58. The summed E-state index contributed by atoms with van der Waals surface area (Å²) in [6.45, 7) is 0.712. The molecule has 26 heavy (non-hydrogen) atoms. The summed E-state index contributed by atoms with van der Waals surface area (Å²) < 4.78 is 9.84. The zero-order valence-corrected chi connectivity index (χ0v) is 14.2. The van der Waals surface area contributed by atoms with Crippen LogP contribution in [0.4, 0.5) is 0 Å². The molecule has 5 atom stereocenters. The Labute approximate surface area is 148 Å². The fraction of sp³-hybridized carbons (Fsp3) is 0.533. The van der Waals surface area contributed by atoms with Crippen molar-refractivity contribution in [3.63, 3.8) is 0 Å². The number of methoxy groups -OCH3 is 1. The molecular formula is C15H21N3O8. The lowest BCUT2D eigenvalue weighted by Crippen LogP contribution is -2.59. The van der Waals surface area contributed by atoms with Crippen molar-refractivity contribution in [2.45, 2.75) is 37.6 Å². The second-order valence-electron chi connectivity index (χ2n) is 5.71. The largest absolute Gasteiger partial charge is 0.466 e. The van der Waals surface area contributed by atoms with Gasteiger partial charge >= 0.3 is 5.97 Å². The minimum absolute atomic E-state index is 0.0522. The Morgan fingerprint density at radius 1 is 1.42 bits per heavy atom. The Kier molecular flexibility index (Phi) is 6.32. The van der Waals surface area contributed by atoms with Gasteiger partial charge in [0.1, 0.15) is 24.4 Å². The van der Waals surface area contributed by atoms with Crippen LogP contribution in [0.1, 0.15) is 6.92 Å². The van der Waals surface area contributed by atoms with Crippen LogP contribution >= 0.6 is 0 Å². The molecule has 11 nitrogen and oxygen atoms in total. The summed E-state index contributed by atoms with van der Waals surface area (Å²) in [5, 5.41) is 34.1. The fourth-order valence-electron chi connectivity index (χ4n) is 2.58. The Balaban J connectivity index is 2.31. The van der Waals surface area contributed by atoms with Crippen LogP contribution in [0.5, 0.6) is 0 Å². The molecule has 0 saturated carbocycles. The predicted octanol–water partition coefficient (Wildman–Crippen LogP) is -3.11. The summed E-state index contributed by atoms with van der Waals surface area (Å²) in [7, 11) is 1.19.